The Morgan fingerprint density at radius 1 is 1.10 bits per heavy atom. The highest BCUT2D eigenvalue weighted by Gasteiger charge is 2.50. The SMILES string of the molecule is CC1CNC(=O)[C@@H]1C[C@H](NC(=O)C1[C@H]2CCC[C@H]2CN1C(=O)COc1cccc(-c2ccccc2)c1)C(=O)CF. The molecule has 3 fully saturated rings. The van der Waals surface area contributed by atoms with E-state index in [0.717, 1.165) is 30.4 Å². The second-order valence-corrected chi connectivity index (χ2v) is 11.3. The van der Waals surface area contributed by atoms with Gasteiger partial charge >= 0.3 is 0 Å². The molecule has 2 saturated heterocycles. The molecule has 0 spiro atoms. The lowest BCUT2D eigenvalue weighted by Crippen LogP contribution is -2.54. The van der Waals surface area contributed by atoms with E-state index in [1.165, 1.54) is 0 Å². The Kier molecular flexibility index (Phi) is 8.47. The number of amides is 3. The molecule has 2 unspecified atom stereocenters. The van der Waals surface area contributed by atoms with Gasteiger partial charge in [0.15, 0.2) is 12.4 Å². The van der Waals surface area contributed by atoms with Gasteiger partial charge in [-0.3, -0.25) is 19.2 Å². The number of hydrogen-bond donors (Lipinski definition) is 2. The van der Waals surface area contributed by atoms with Gasteiger partial charge in [-0.1, -0.05) is 55.8 Å². The van der Waals surface area contributed by atoms with E-state index in [2.05, 4.69) is 10.6 Å². The van der Waals surface area contributed by atoms with Crippen LogP contribution in [0, 0.1) is 23.7 Å². The van der Waals surface area contributed by atoms with E-state index in [-0.39, 0.29) is 42.6 Å². The summed E-state index contributed by atoms with van der Waals surface area (Å²) in [5.74, 6) is -1.53. The smallest absolute Gasteiger partial charge is 0.261 e. The molecule has 0 aromatic heterocycles. The number of alkyl halides is 1. The Morgan fingerprint density at radius 3 is 2.60 bits per heavy atom. The number of Topliss-reactive ketones (excluding diaryl/α,β-unsaturated/α-hetero) is 1. The van der Waals surface area contributed by atoms with Gasteiger partial charge in [-0.2, -0.15) is 0 Å². The predicted octanol–water partition coefficient (Wildman–Crippen LogP) is 3.16. The summed E-state index contributed by atoms with van der Waals surface area (Å²) in [5, 5.41) is 5.49. The lowest BCUT2D eigenvalue weighted by Gasteiger charge is -2.29. The van der Waals surface area contributed by atoms with Crippen LogP contribution in [0.1, 0.15) is 32.6 Å². The van der Waals surface area contributed by atoms with Gasteiger partial charge in [0.25, 0.3) is 5.91 Å². The molecule has 1 saturated carbocycles. The lowest BCUT2D eigenvalue weighted by molar-refractivity contribution is -0.142. The molecule has 40 heavy (non-hydrogen) atoms. The van der Waals surface area contributed by atoms with E-state index in [1.807, 2.05) is 55.5 Å². The van der Waals surface area contributed by atoms with Gasteiger partial charge < -0.3 is 20.3 Å². The number of hydrogen-bond acceptors (Lipinski definition) is 5. The zero-order valence-electron chi connectivity index (χ0n) is 22.7. The number of ketones is 1. The maximum atomic E-state index is 13.6. The number of fused-ring (bicyclic) bond motifs is 1. The number of nitrogens with zero attached hydrogens (tertiary/aromatic N) is 1. The Morgan fingerprint density at radius 2 is 1.88 bits per heavy atom. The molecule has 2 aromatic rings. The first-order valence-corrected chi connectivity index (χ1v) is 14.1. The molecule has 0 bridgehead atoms. The van der Waals surface area contributed by atoms with Crippen molar-refractivity contribution in [1.29, 1.82) is 0 Å². The average Bonchev–Trinajstić information content (AvgIpc) is 3.66. The second-order valence-electron chi connectivity index (χ2n) is 11.3. The fraction of sp³-hybridized carbons (Fsp3) is 0.484. The average molecular weight is 550 g/mol. The number of halogens is 1. The molecule has 0 radical (unpaired) electrons. The summed E-state index contributed by atoms with van der Waals surface area (Å²) in [5.41, 5.74) is 2.00. The minimum absolute atomic E-state index is 0.0272. The minimum Gasteiger partial charge on any atom is -0.484 e. The maximum Gasteiger partial charge on any atom is 0.261 e. The van der Waals surface area contributed by atoms with Crippen LogP contribution in [0.5, 0.6) is 5.75 Å². The van der Waals surface area contributed by atoms with Gasteiger partial charge in [-0.05, 0) is 60.3 Å². The van der Waals surface area contributed by atoms with E-state index < -0.39 is 36.4 Å². The third kappa shape index (κ3) is 5.88. The molecule has 2 aromatic carbocycles. The van der Waals surface area contributed by atoms with Gasteiger partial charge in [0.2, 0.25) is 11.8 Å². The number of carbonyl (C=O) groups excluding carboxylic acids is 4. The van der Waals surface area contributed by atoms with Crippen LogP contribution in [-0.2, 0) is 19.2 Å². The molecule has 3 aliphatic rings. The summed E-state index contributed by atoms with van der Waals surface area (Å²) in [7, 11) is 0. The summed E-state index contributed by atoms with van der Waals surface area (Å²) >= 11 is 0. The topological polar surface area (TPSA) is 105 Å². The summed E-state index contributed by atoms with van der Waals surface area (Å²) in [6.07, 6.45) is 2.73. The number of nitrogens with one attached hydrogen (secondary N) is 2. The lowest BCUT2D eigenvalue weighted by atomic mass is 9.88. The van der Waals surface area contributed by atoms with Crippen molar-refractivity contribution in [2.45, 2.75) is 44.7 Å². The standard InChI is InChI=1S/C31H36FN3O5/c1-19-16-33-30(38)25(19)14-26(27(36)15-32)34-31(39)29-24-12-6-10-22(24)17-35(29)28(37)18-40-23-11-5-9-21(13-23)20-7-3-2-4-8-20/h2-5,7-9,11,13,19,22,24-26,29H,6,10,12,14-18H2,1H3,(H,33,38)(H,34,39)/t19?,22-,24-,25+,26-,29?/m0/s1. The highest BCUT2D eigenvalue weighted by atomic mass is 19.1. The van der Waals surface area contributed by atoms with Crippen LogP contribution in [-0.4, -0.2) is 66.9 Å². The molecular formula is C31H36FN3O5. The van der Waals surface area contributed by atoms with E-state index >= 15 is 0 Å². The first-order chi connectivity index (χ1) is 19.4. The highest BCUT2D eigenvalue weighted by molar-refractivity contribution is 5.94. The normalized spacial score (nSPS) is 26.2. The van der Waals surface area contributed by atoms with Gasteiger partial charge in [0.1, 0.15) is 18.5 Å². The van der Waals surface area contributed by atoms with Crippen molar-refractivity contribution in [2.24, 2.45) is 23.7 Å². The van der Waals surface area contributed by atoms with Crippen LogP contribution in [0.2, 0.25) is 0 Å². The molecule has 212 valence electrons. The van der Waals surface area contributed by atoms with Crippen molar-refractivity contribution < 1.29 is 28.3 Å². The van der Waals surface area contributed by atoms with Crippen molar-refractivity contribution in [3.63, 3.8) is 0 Å². The van der Waals surface area contributed by atoms with Crippen LogP contribution in [0.4, 0.5) is 4.39 Å². The molecule has 9 heteroatoms. The Labute approximate surface area is 233 Å². The number of likely N-dealkylation sites (tertiary alicyclic amines) is 1. The minimum atomic E-state index is -1.23. The zero-order valence-corrected chi connectivity index (χ0v) is 22.7. The van der Waals surface area contributed by atoms with Gasteiger partial charge in [0.05, 0.1) is 6.04 Å². The van der Waals surface area contributed by atoms with Crippen molar-refractivity contribution in [2.75, 3.05) is 26.4 Å². The van der Waals surface area contributed by atoms with E-state index in [4.69, 9.17) is 4.74 Å². The highest BCUT2D eigenvalue weighted by Crippen LogP contribution is 2.42. The molecule has 8 nitrogen and oxygen atoms in total. The second kappa shape index (κ2) is 12.2. The Balaban J connectivity index is 1.27. The summed E-state index contributed by atoms with van der Waals surface area (Å²) in [4.78, 5) is 53.3. The molecule has 1 aliphatic carbocycles. The van der Waals surface area contributed by atoms with Gasteiger partial charge in [0, 0.05) is 19.0 Å². The van der Waals surface area contributed by atoms with Gasteiger partial charge in [-0.25, -0.2) is 4.39 Å². The largest absolute Gasteiger partial charge is 0.484 e. The Hall–Kier alpha value is -3.75. The van der Waals surface area contributed by atoms with Gasteiger partial charge in [-0.15, -0.1) is 0 Å². The number of rotatable bonds is 10. The van der Waals surface area contributed by atoms with Crippen molar-refractivity contribution in [1.82, 2.24) is 15.5 Å². The number of benzene rings is 2. The molecule has 6 atom stereocenters. The fourth-order valence-electron chi connectivity index (χ4n) is 6.53. The third-order valence-corrected chi connectivity index (χ3v) is 8.73. The molecule has 2 N–H and O–H groups in total. The van der Waals surface area contributed by atoms with E-state index in [1.54, 1.807) is 11.0 Å². The summed E-state index contributed by atoms with van der Waals surface area (Å²) in [6, 6.07) is 15.5. The number of ether oxygens (including phenoxy) is 1. The van der Waals surface area contributed by atoms with Crippen LogP contribution < -0.4 is 15.4 Å². The summed E-state index contributed by atoms with van der Waals surface area (Å²) in [6.45, 7) is 1.35. The first kappa shape index (κ1) is 27.8. The van der Waals surface area contributed by atoms with Crippen LogP contribution in [0.15, 0.2) is 54.6 Å². The van der Waals surface area contributed by atoms with Crippen LogP contribution in [0.25, 0.3) is 11.1 Å². The molecule has 2 heterocycles. The molecule has 2 aliphatic heterocycles. The molecular weight excluding hydrogens is 513 g/mol. The number of carbonyl (C=O) groups is 4. The quantitative estimate of drug-likeness (QED) is 0.474. The monoisotopic (exact) mass is 549 g/mol. The van der Waals surface area contributed by atoms with Crippen LogP contribution in [0.3, 0.4) is 0 Å². The van der Waals surface area contributed by atoms with E-state index in [9.17, 15) is 23.6 Å². The predicted molar refractivity (Wildman–Crippen MR) is 147 cm³/mol. The van der Waals surface area contributed by atoms with Crippen molar-refractivity contribution in [3.05, 3.63) is 54.6 Å². The first-order valence-electron chi connectivity index (χ1n) is 14.1. The summed E-state index contributed by atoms with van der Waals surface area (Å²) < 4.78 is 19.3. The van der Waals surface area contributed by atoms with Crippen LogP contribution >= 0.6 is 0 Å². The fourth-order valence-corrected chi connectivity index (χ4v) is 6.53. The molecule has 5 rings (SSSR count). The Bertz CT molecular complexity index is 1250. The molecule has 3 amide bonds. The van der Waals surface area contributed by atoms with Crippen molar-refractivity contribution >= 4 is 23.5 Å². The zero-order chi connectivity index (χ0) is 28.2. The maximum absolute atomic E-state index is 13.6. The van der Waals surface area contributed by atoms with E-state index in [0.29, 0.717) is 18.8 Å². The third-order valence-electron chi connectivity index (χ3n) is 8.73. The van der Waals surface area contributed by atoms with Crippen molar-refractivity contribution in [3.8, 4) is 16.9 Å².